The van der Waals surface area contributed by atoms with Gasteiger partial charge in [-0.1, -0.05) is 26.0 Å². The van der Waals surface area contributed by atoms with Gasteiger partial charge in [0.2, 0.25) is 11.8 Å². The number of Topliss-reactive ketones (excluding diaryl/α,β-unsaturated/α-hetero) is 1. The van der Waals surface area contributed by atoms with E-state index >= 15 is 0 Å². The molecule has 0 saturated heterocycles. The van der Waals surface area contributed by atoms with Gasteiger partial charge in [0.25, 0.3) is 5.56 Å². The lowest BCUT2D eigenvalue weighted by Gasteiger charge is -2.14. The lowest BCUT2D eigenvalue weighted by atomic mass is 9.99. The lowest BCUT2D eigenvalue weighted by Crippen LogP contribution is -2.44. The Morgan fingerprint density at radius 1 is 0.925 bits per heavy atom. The fourth-order valence-electron chi connectivity index (χ4n) is 5.27. The first kappa shape index (κ1) is 41.6. The number of aromatic hydroxyl groups is 1. The number of ether oxygens (including phenoxy) is 1. The number of primary amides is 1. The Labute approximate surface area is 305 Å². The number of nitrogens with zero attached hydrogens (tertiary/aromatic N) is 3. The van der Waals surface area contributed by atoms with Gasteiger partial charge in [-0.3, -0.25) is 28.3 Å². The number of carbonyl (C=O) groups excluding carboxylic acids is 3. The molecule has 0 radical (unpaired) electrons. The third-order valence-electron chi connectivity index (χ3n) is 8.06. The Balaban J connectivity index is 0.000000288. The van der Waals surface area contributed by atoms with Crippen LogP contribution in [0.3, 0.4) is 0 Å². The number of phenols is 1. The topological polar surface area (TPSA) is 281 Å². The number of hydrogen-bond acceptors (Lipinski definition) is 11. The largest absolute Gasteiger partial charge is 0.508 e. The number of H-pyrrole nitrogens is 1. The van der Waals surface area contributed by atoms with Crippen LogP contribution >= 0.6 is 0 Å². The molecule has 286 valence electrons. The standard InChI is InChI=1S/C19H22N4O5.C17H26N4O4/c1-3-9-22-17-15(18(26)23(10-4-2)19(22)27)20-16(21-17)12-5-7-13(8-6-12)28-11-14(24)25;18-13(2-1-3-14(19)17(25)21-10-16(20)24)15(23)9-6-11-4-7-12(22)8-5-11/h5-8H,3-4,9-11H2,1-2H3,(H,20,21)(H,24,25);4-5,7-8,13-14,22H,1-3,6,9-10,18-19H2,(H2,20,24)(H,21,25)/t;13?,14-/m.1/s1. The molecule has 17 nitrogen and oxygen atoms in total. The molecule has 53 heavy (non-hydrogen) atoms. The first-order valence-corrected chi connectivity index (χ1v) is 17.3. The molecule has 2 heterocycles. The number of aliphatic carboxylic acids is 1. The summed E-state index contributed by atoms with van der Waals surface area (Å²) < 4.78 is 7.88. The minimum atomic E-state index is -1.06. The number of hydrogen-bond donors (Lipinski definition) is 7. The summed E-state index contributed by atoms with van der Waals surface area (Å²) >= 11 is 0. The van der Waals surface area contributed by atoms with Gasteiger partial charge in [0.15, 0.2) is 12.3 Å². The molecule has 0 aliphatic carbocycles. The molecule has 2 aromatic heterocycles. The van der Waals surface area contributed by atoms with Gasteiger partial charge in [-0.2, -0.15) is 0 Å². The predicted molar refractivity (Wildman–Crippen MR) is 197 cm³/mol. The van der Waals surface area contributed by atoms with Crippen LogP contribution in [-0.2, 0) is 38.7 Å². The Morgan fingerprint density at radius 3 is 2.15 bits per heavy atom. The van der Waals surface area contributed by atoms with Crippen LogP contribution in [0.25, 0.3) is 22.6 Å². The maximum atomic E-state index is 12.7. The van der Waals surface area contributed by atoms with Crippen molar-refractivity contribution in [3.63, 3.8) is 0 Å². The zero-order valence-corrected chi connectivity index (χ0v) is 29.9. The van der Waals surface area contributed by atoms with E-state index in [9.17, 15) is 33.9 Å². The first-order chi connectivity index (χ1) is 25.2. The fraction of sp³-hybridized carbons (Fsp3) is 0.417. The summed E-state index contributed by atoms with van der Waals surface area (Å²) in [5.41, 5.74) is 18.1. The van der Waals surface area contributed by atoms with Crippen molar-refractivity contribution in [2.45, 2.75) is 84.0 Å². The average Bonchev–Trinajstić information content (AvgIpc) is 3.59. The highest BCUT2D eigenvalue weighted by atomic mass is 16.5. The summed E-state index contributed by atoms with van der Waals surface area (Å²) in [6.07, 6.45) is 3.60. The highest BCUT2D eigenvalue weighted by Gasteiger charge is 2.19. The summed E-state index contributed by atoms with van der Waals surface area (Å²) in [5.74, 6) is -1.15. The summed E-state index contributed by atoms with van der Waals surface area (Å²) in [6.45, 7) is 4.00. The number of rotatable bonds is 19. The fourth-order valence-corrected chi connectivity index (χ4v) is 5.27. The molecule has 4 rings (SSSR count). The minimum Gasteiger partial charge on any atom is -0.508 e. The van der Waals surface area contributed by atoms with Crippen LogP contribution in [0.15, 0.2) is 58.1 Å². The van der Waals surface area contributed by atoms with Gasteiger partial charge in [-0.05, 0) is 80.5 Å². The van der Waals surface area contributed by atoms with Crippen LogP contribution in [-0.4, -0.2) is 78.1 Å². The molecule has 0 aliphatic rings. The molecule has 17 heteroatoms. The third kappa shape index (κ3) is 12.4. The van der Waals surface area contributed by atoms with E-state index in [4.69, 9.17) is 27.0 Å². The number of aromatic amines is 1. The van der Waals surface area contributed by atoms with Crippen LogP contribution in [0, 0.1) is 0 Å². The van der Waals surface area contributed by atoms with E-state index in [1.807, 2.05) is 13.8 Å². The normalized spacial score (nSPS) is 12.0. The Hall–Kier alpha value is -5.81. The van der Waals surface area contributed by atoms with Crippen molar-refractivity contribution in [3.05, 3.63) is 74.9 Å². The number of carbonyl (C=O) groups is 4. The highest BCUT2D eigenvalue weighted by molar-refractivity contribution is 5.86. The molecule has 0 saturated carbocycles. The Bertz CT molecular complexity index is 1970. The molecule has 0 spiro atoms. The lowest BCUT2D eigenvalue weighted by molar-refractivity contribution is -0.139. The number of ketones is 1. The van der Waals surface area contributed by atoms with Crippen molar-refractivity contribution in [1.29, 1.82) is 0 Å². The van der Waals surface area contributed by atoms with Gasteiger partial charge in [0, 0.05) is 25.1 Å². The number of amides is 2. The van der Waals surface area contributed by atoms with Crippen LogP contribution in [0.4, 0.5) is 0 Å². The predicted octanol–water partition coefficient (Wildman–Crippen LogP) is 1.16. The van der Waals surface area contributed by atoms with Crippen molar-refractivity contribution in [1.82, 2.24) is 24.4 Å². The SMILES string of the molecule is CCCn1c(=O)c2[nH]c(-c3ccc(OCC(=O)O)cc3)nc2n(CCC)c1=O.NC(=O)CNC(=O)[C@H](N)CCCC(N)C(=O)CCc1ccc(O)cc1. The van der Waals surface area contributed by atoms with Gasteiger partial charge in [-0.15, -0.1) is 0 Å². The van der Waals surface area contributed by atoms with Crippen LogP contribution in [0.5, 0.6) is 11.5 Å². The second-order valence-electron chi connectivity index (χ2n) is 12.3. The van der Waals surface area contributed by atoms with Gasteiger partial charge >= 0.3 is 11.7 Å². The number of carboxylic acids is 1. The van der Waals surface area contributed by atoms with Gasteiger partial charge in [-0.25, -0.2) is 14.6 Å². The molecule has 2 amide bonds. The Morgan fingerprint density at radius 2 is 1.55 bits per heavy atom. The number of aryl methyl sites for hydroxylation is 2. The zero-order valence-electron chi connectivity index (χ0n) is 29.9. The van der Waals surface area contributed by atoms with Crippen molar-refractivity contribution in [3.8, 4) is 22.9 Å². The van der Waals surface area contributed by atoms with Crippen molar-refractivity contribution < 1.29 is 34.1 Å². The smallest absolute Gasteiger partial charge is 0.341 e. The number of phenolic OH excluding ortho intramolecular Hbond substituents is 1. The van der Waals surface area contributed by atoms with Crippen molar-refractivity contribution in [2.24, 2.45) is 17.2 Å². The van der Waals surface area contributed by atoms with Crippen LogP contribution in [0.2, 0.25) is 0 Å². The molecule has 2 aromatic carbocycles. The molecule has 10 N–H and O–H groups in total. The number of nitrogens with one attached hydrogen (secondary N) is 2. The van der Waals surface area contributed by atoms with Gasteiger partial charge < -0.3 is 42.5 Å². The second-order valence-corrected chi connectivity index (χ2v) is 12.3. The van der Waals surface area contributed by atoms with E-state index in [0.717, 1.165) is 12.0 Å². The average molecular weight is 737 g/mol. The maximum absolute atomic E-state index is 12.7. The Kier molecular flexibility index (Phi) is 15.9. The quantitative estimate of drug-likeness (QED) is 0.0714. The summed E-state index contributed by atoms with van der Waals surface area (Å²) in [5, 5.41) is 20.2. The van der Waals surface area contributed by atoms with E-state index in [0.29, 0.717) is 79.9 Å². The molecule has 0 fully saturated rings. The second kappa shape index (κ2) is 20.3. The van der Waals surface area contributed by atoms with E-state index in [2.05, 4.69) is 15.3 Å². The molecule has 0 bridgehead atoms. The summed E-state index contributed by atoms with van der Waals surface area (Å²) in [4.78, 5) is 77.8. The molecular formula is C36H48N8O9. The molecular weight excluding hydrogens is 688 g/mol. The number of benzene rings is 2. The number of fused-ring (bicyclic) bond motifs is 1. The third-order valence-corrected chi connectivity index (χ3v) is 8.06. The van der Waals surface area contributed by atoms with E-state index in [-0.39, 0.29) is 29.3 Å². The maximum Gasteiger partial charge on any atom is 0.341 e. The first-order valence-electron chi connectivity index (χ1n) is 17.3. The number of imidazole rings is 1. The number of nitrogens with two attached hydrogens (primary N) is 3. The van der Waals surface area contributed by atoms with Crippen molar-refractivity contribution >= 4 is 34.7 Å². The van der Waals surface area contributed by atoms with E-state index < -0.39 is 36.5 Å². The van der Waals surface area contributed by atoms with E-state index in [1.165, 1.54) is 9.13 Å². The van der Waals surface area contributed by atoms with Crippen LogP contribution in [0.1, 0.15) is 57.9 Å². The van der Waals surface area contributed by atoms with Gasteiger partial charge in [0.1, 0.15) is 28.6 Å². The molecule has 4 aromatic rings. The number of carboxylic acid groups (broad SMARTS) is 1. The van der Waals surface area contributed by atoms with Crippen LogP contribution < -0.4 is 38.5 Å². The summed E-state index contributed by atoms with van der Waals surface area (Å²) in [6, 6.07) is 12.0. The van der Waals surface area contributed by atoms with Gasteiger partial charge in [0.05, 0.1) is 18.6 Å². The number of aromatic nitrogens is 4. The monoisotopic (exact) mass is 736 g/mol. The molecule has 0 aliphatic heterocycles. The summed E-state index contributed by atoms with van der Waals surface area (Å²) in [7, 11) is 0. The highest BCUT2D eigenvalue weighted by Crippen LogP contribution is 2.22. The van der Waals surface area contributed by atoms with Crippen molar-refractivity contribution in [2.75, 3.05) is 13.2 Å². The van der Waals surface area contributed by atoms with E-state index in [1.54, 1.807) is 48.5 Å². The minimum absolute atomic E-state index is 0.0557. The zero-order chi connectivity index (χ0) is 39.1. The molecule has 1 unspecified atom stereocenters. The molecule has 2 atom stereocenters.